The summed E-state index contributed by atoms with van der Waals surface area (Å²) in [5.41, 5.74) is 9.18. The lowest BCUT2D eigenvalue weighted by atomic mass is 10.0. The Morgan fingerprint density at radius 3 is 2.30 bits per heavy atom. The average Bonchev–Trinajstić information content (AvgIpc) is 2.53. The standard InChI is InChI=1S/C20H24N2O/c1-5-17-7-9-18(10-8-17)13-20(23)22-21-16(4)19-11-6-14(2)12-15(19)3/h6-12H,5,13H2,1-4H3,(H,22,23)/b21-16-. The molecule has 0 bridgehead atoms. The van der Waals surface area contributed by atoms with Crippen LogP contribution in [-0.2, 0) is 17.6 Å². The van der Waals surface area contributed by atoms with Crippen LogP contribution in [0.25, 0.3) is 0 Å². The summed E-state index contributed by atoms with van der Waals surface area (Å²) in [6, 6.07) is 14.3. The lowest BCUT2D eigenvalue weighted by molar-refractivity contribution is -0.120. The number of hydrogen-bond acceptors (Lipinski definition) is 2. The molecule has 3 heteroatoms. The molecular weight excluding hydrogens is 284 g/mol. The van der Waals surface area contributed by atoms with Gasteiger partial charge in [0.25, 0.3) is 0 Å². The van der Waals surface area contributed by atoms with Gasteiger partial charge in [-0.05, 0) is 43.9 Å². The highest BCUT2D eigenvalue weighted by Gasteiger charge is 2.05. The number of nitrogens with zero attached hydrogens (tertiary/aromatic N) is 1. The fourth-order valence-corrected chi connectivity index (χ4v) is 2.54. The average molecular weight is 308 g/mol. The number of benzene rings is 2. The second-order valence-corrected chi connectivity index (χ2v) is 5.90. The van der Waals surface area contributed by atoms with E-state index in [1.165, 1.54) is 11.1 Å². The van der Waals surface area contributed by atoms with Crippen molar-refractivity contribution in [2.45, 2.75) is 40.5 Å². The first-order chi connectivity index (χ1) is 11.0. The maximum absolute atomic E-state index is 12.0. The molecule has 0 aromatic heterocycles. The van der Waals surface area contributed by atoms with Crippen LogP contribution in [0.5, 0.6) is 0 Å². The van der Waals surface area contributed by atoms with Crippen LogP contribution in [0.3, 0.4) is 0 Å². The Morgan fingerprint density at radius 2 is 1.70 bits per heavy atom. The molecule has 2 aromatic rings. The maximum atomic E-state index is 12.0. The Labute approximate surface area is 138 Å². The van der Waals surface area contributed by atoms with Crippen molar-refractivity contribution in [3.8, 4) is 0 Å². The summed E-state index contributed by atoms with van der Waals surface area (Å²) >= 11 is 0. The topological polar surface area (TPSA) is 41.5 Å². The Hall–Kier alpha value is -2.42. The van der Waals surface area contributed by atoms with E-state index in [0.29, 0.717) is 6.42 Å². The third-order valence-electron chi connectivity index (χ3n) is 3.92. The maximum Gasteiger partial charge on any atom is 0.244 e. The van der Waals surface area contributed by atoms with Crippen molar-refractivity contribution in [1.29, 1.82) is 0 Å². The van der Waals surface area contributed by atoms with Crippen molar-refractivity contribution in [1.82, 2.24) is 5.43 Å². The Morgan fingerprint density at radius 1 is 1.04 bits per heavy atom. The van der Waals surface area contributed by atoms with Gasteiger partial charge in [0.1, 0.15) is 0 Å². The van der Waals surface area contributed by atoms with Crippen molar-refractivity contribution in [2.75, 3.05) is 0 Å². The van der Waals surface area contributed by atoms with Crippen LogP contribution in [0.15, 0.2) is 47.6 Å². The summed E-state index contributed by atoms with van der Waals surface area (Å²) < 4.78 is 0. The predicted octanol–water partition coefficient (Wildman–Crippen LogP) is 3.95. The van der Waals surface area contributed by atoms with Gasteiger partial charge in [-0.15, -0.1) is 0 Å². The van der Waals surface area contributed by atoms with Crippen molar-refractivity contribution in [2.24, 2.45) is 5.10 Å². The van der Waals surface area contributed by atoms with Crippen LogP contribution in [0.2, 0.25) is 0 Å². The van der Waals surface area contributed by atoms with Crippen LogP contribution >= 0.6 is 0 Å². The molecule has 0 spiro atoms. The number of amides is 1. The van der Waals surface area contributed by atoms with Gasteiger partial charge in [-0.1, -0.05) is 55.0 Å². The molecule has 0 aliphatic rings. The number of carbonyl (C=O) groups excluding carboxylic acids is 1. The largest absolute Gasteiger partial charge is 0.273 e. The minimum absolute atomic E-state index is 0.0987. The van der Waals surface area contributed by atoms with Gasteiger partial charge in [0.05, 0.1) is 12.1 Å². The first-order valence-electron chi connectivity index (χ1n) is 7.98. The van der Waals surface area contributed by atoms with Gasteiger partial charge in [-0.2, -0.15) is 5.10 Å². The molecule has 1 N–H and O–H groups in total. The van der Waals surface area contributed by atoms with E-state index in [1.807, 2.05) is 25.1 Å². The first-order valence-corrected chi connectivity index (χ1v) is 7.98. The monoisotopic (exact) mass is 308 g/mol. The molecule has 0 heterocycles. The van der Waals surface area contributed by atoms with Crippen molar-refractivity contribution < 1.29 is 4.79 Å². The van der Waals surface area contributed by atoms with Gasteiger partial charge >= 0.3 is 0 Å². The van der Waals surface area contributed by atoms with Crippen LogP contribution < -0.4 is 5.43 Å². The molecule has 2 rings (SSSR count). The number of rotatable bonds is 5. The van der Waals surface area contributed by atoms with E-state index in [9.17, 15) is 4.79 Å². The number of carbonyl (C=O) groups is 1. The molecule has 0 atom stereocenters. The number of hydrazone groups is 1. The van der Waals surface area contributed by atoms with Crippen molar-refractivity contribution in [3.63, 3.8) is 0 Å². The van der Waals surface area contributed by atoms with Crippen LogP contribution in [0.4, 0.5) is 0 Å². The third-order valence-corrected chi connectivity index (χ3v) is 3.92. The van der Waals surface area contributed by atoms with E-state index in [-0.39, 0.29) is 5.91 Å². The molecule has 0 fully saturated rings. The second-order valence-electron chi connectivity index (χ2n) is 5.90. The van der Waals surface area contributed by atoms with Gasteiger partial charge in [0.2, 0.25) is 5.91 Å². The molecule has 3 nitrogen and oxygen atoms in total. The van der Waals surface area contributed by atoms with E-state index in [1.54, 1.807) is 0 Å². The molecule has 0 saturated heterocycles. The predicted molar refractivity (Wildman–Crippen MR) is 95.8 cm³/mol. The molecule has 0 unspecified atom stereocenters. The zero-order valence-corrected chi connectivity index (χ0v) is 14.3. The number of hydrogen-bond donors (Lipinski definition) is 1. The first kappa shape index (κ1) is 16.9. The van der Waals surface area contributed by atoms with Gasteiger partial charge in [-0.3, -0.25) is 4.79 Å². The summed E-state index contributed by atoms with van der Waals surface area (Å²) in [5.74, 6) is -0.0987. The molecule has 23 heavy (non-hydrogen) atoms. The molecule has 120 valence electrons. The van der Waals surface area contributed by atoms with Gasteiger partial charge in [-0.25, -0.2) is 5.43 Å². The van der Waals surface area contributed by atoms with E-state index < -0.39 is 0 Å². The fourth-order valence-electron chi connectivity index (χ4n) is 2.54. The summed E-state index contributed by atoms with van der Waals surface area (Å²) in [6.45, 7) is 8.15. The van der Waals surface area contributed by atoms with Gasteiger partial charge < -0.3 is 0 Å². The molecule has 0 saturated carbocycles. The zero-order valence-electron chi connectivity index (χ0n) is 14.3. The SMILES string of the molecule is CCc1ccc(CC(=O)N/N=C(/C)c2ccc(C)cc2C)cc1. The summed E-state index contributed by atoms with van der Waals surface area (Å²) in [4.78, 5) is 12.0. The Balaban J connectivity index is 1.99. The second kappa shape index (κ2) is 7.73. The molecule has 2 aromatic carbocycles. The fraction of sp³-hybridized carbons (Fsp3) is 0.300. The van der Waals surface area contributed by atoms with E-state index in [2.05, 4.69) is 55.6 Å². The normalized spacial score (nSPS) is 11.4. The van der Waals surface area contributed by atoms with Gasteiger partial charge in [0.15, 0.2) is 0 Å². The van der Waals surface area contributed by atoms with E-state index >= 15 is 0 Å². The highest BCUT2D eigenvalue weighted by atomic mass is 16.2. The van der Waals surface area contributed by atoms with Crippen LogP contribution in [0.1, 0.15) is 41.7 Å². The molecule has 0 aliphatic heterocycles. The summed E-state index contributed by atoms with van der Waals surface area (Å²) in [5, 5.41) is 4.23. The lowest BCUT2D eigenvalue weighted by Gasteiger charge is -2.07. The molecule has 0 aliphatic carbocycles. The van der Waals surface area contributed by atoms with Crippen molar-refractivity contribution in [3.05, 3.63) is 70.3 Å². The van der Waals surface area contributed by atoms with Crippen molar-refractivity contribution >= 4 is 11.6 Å². The van der Waals surface area contributed by atoms with Crippen LogP contribution in [0, 0.1) is 13.8 Å². The van der Waals surface area contributed by atoms with Crippen LogP contribution in [-0.4, -0.2) is 11.6 Å². The number of aryl methyl sites for hydroxylation is 3. The highest BCUT2D eigenvalue weighted by Crippen LogP contribution is 2.11. The minimum atomic E-state index is -0.0987. The number of nitrogens with one attached hydrogen (secondary N) is 1. The van der Waals surface area contributed by atoms with E-state index in [4.69, 9.17) is 0 Å². The molecule has 0 radical (unpaired) electrons. The molecule has 1 amide bonds. The Kier molecular flexibility index (Phi) is 5.69. The quantitative estimate of drug-likeness (QED) is 0.659. The summed E-state index contributed by atoms with van der Waals surface area (Å²) in [7, 11) is 0. The zero-order chi connectivity index (χ0) is 16.8. The van der Waals surface area contributed by atoms with E-state index in [0.717, 1.165) is 28.8 Å². The lowest BCUT2D eigenvalue weighted by Crippen LogP contribution is -2.21. The van der Waals surface area contributed by atoms with Gasteiger partial charge in [0, 0.05) is 5.56 Å². The smallest absolute Gasteiger partial charge is 0.244 e. The summed E-state index contributed by atoms with van der Waals surface area (Å²) in [6.07, 6.45) is 1.35. The molecular formula is C20H24N2O. The minimum Gasteiger partial charge on any atom is -0.273 e. The Bertz CT molecular complexity index is 715. The highest BCUT2D eigenvalue weighted by molar-refractivity contribution is 6.00. The third kappa shape index (κ3) is 4.78.